The lowest BCUT2D eigenvalue weighted by Gasteiger charge is -2.29. The number of carbonyl (C=O) groups is 1. The van der Waals surface area contributed by atoms with Gasteiger partial charge in [0.05, 0.1) is 19.1 Å². The van der Waals surface area contributed by atoms with Gasteiger partial charge in [-0.1, -0.05) is 0 Å². The van der Waals surface area contributed by atoms with E-state index < -0.39 is 10.8 Å². The Hall–Kier alpha value is -0.460. The molecule has 2 heterocycles. The molecule has 2 aliphatic rings. The van der Waals surface area contributed by atoms with Crippen molar-refractivity contribution in [1.29, 1.82) is 0 Å². The predicted molar refractivity (Wildman–Crippen MR) is 56.7 cm³/mol. The van der Waals surface area contributed by atoms with Crippen LogP contribution >= 0.6 is 0 Å². The minimum atomic E-state index is -0.744. The summed E-state index contributed by atoms with van der Waals surface area (Å²) in [5.41, 5.74) is 5.78. The minimum absolute atomic E-state index is 0.0664. The van der Waals surface area contributed by atoms with Crippen molar-refractivity contribution in [2.45, 2.75) is 6.04 Å². The maximum atomic E-state index is 12.0. The van der Waals surface area contributed by atoms with Gasteiger partial charge in [0.25, 0.3) is 0 Å². The highest BCUT2D eigenvalue weighted by atomic mass is 32.2. The number of ether oxygens (including phenoxy) is 1. The zero-order valence-corrected chi connectivity index (χ0v) is 9.37. The smallest absolute Gasteiger partial charge is 0.229 e. The molecule has 2 aliphatic heterocycles. The molecular formula is C9H16N2O3S. The first kappa shape index (κ1) is 11.0. The van der Waals surface area contributed by atoms with Gasteiger partial charge in [0, 0.05) is 41.4 Å². The normalized spacial score (nSPS) is 33.3. The van der Waals surface area contributed by atoms with Gasteiger partial charge in [0.15, 0.2) is 0 Å². The highest BCUT2D eigenvalue weighted by Gasteiger charge is 2.35. The van der Waals surface area contributed by atoms with Crippen molar-refractivity contribution < 1.29 is 13.7 Å². The number of carbonyl (C=O) groups excluding carboxylic acids is 1. The zero-order valence-electron chi connectivity index (χ0n) is 8.55. The van der Waals surface area contributed by atoms with Gasteiger partial charge >= 0.3 is 0 Å². The molecule has 5 nitrogen and oxygen atoms in total. The van der Waals surface area contributed by atoms with E-state index in [-0.39, 0.29) is 17.9 Å². The molecular weight excluding hydrogens is 216 g/mol. The van der Waals surface area contributed by atoms with Crippen LogP contribution in [0.1, 0.15) is 0 Å². The Morgan fingerprint density at radius 3 is 2.53 bits per heavy atom. The zero-order chi connectivity index (χ0) is 10.8. The molecule has 15 heavy (non-hydrogen) atoms. The summed E-state index contributed by atoms with van der Waals surface area (Å²) in [5, 5.41) is 0. The van der Waals surface area contributed by atoms with E-state index in [0.717, 1.165) is 0 Å². The summed E-state index contributed by atoms with van der Waals surface area (Å²) in [7, 11) is -0.744. The Morgan fingerprint density at radius 1 is 1.33 bits per heavy atom. The van der Waals surface area contributed by atoms with Gasteiger partial charge in [-0.2, -0.15) is 0 Å². The molecule has 0 saturated carbocycles. The standard InChI is InChI=1S/C9H16N2O3S/c10-8-6-14-5-7(8)9(12)11-1-3-15(13)4-2-11/h7-8H,1-6,10H2. The van der Waals surface area contributed by atoms with Crippen LogP contribution in [0.25, 0.3) is 0 Å². The third-order valence-electron chi connectivity index (χ3n) is 2.93. The van der Waals surface area contributed by atoms with Crippen LogP contribution in [0.4, 0.5) is 0 Å². The fourth-order valence-corrected chi connectivity index (χ4v) is 2.97. The number of amides is 1. The Kier molecular flexibility index (Phi) is 3.38. The number of nitrogens with two attached hydrogens (primary N) is 1. The molecule has 1 amide bonds. The second kappa shape index (κ2) is 4.59. The average Bonchev–Trinajstić information content (AvgIpc) is 2.65. The van der Waals surface area contributed by atoms with E-state index >= 15 is 0 Å². The molecule has 0 spiro atoms. The third kappa shape index (κ3) is 2.38. The first-order chi connectivity index (χ1) is 7.18. The predicted octanol–water partition coefficient (Wildman–Crippen LogP) is -1.45. The highest BCUT2D eigenvalue weighted by molar-refractivity contribution is 7.85. The maximum absolute atomic E-state index is 12.0. The third-order valence-corrected chi connectivity index (χ3v) is 4.21. The monoisotopic (exact) mass is 232 g/mol. The second-order valence-electron chi connectivity index (χ2n) is 3.98. The summed E-state index contributed by atoms with van der Waals surface area (Å²) >= 11 is 0. The van der Waals surface area contributed by atoms with E-state index in [0.29, 0.717) is 37.8 Å². The van der Waals surface area contributed by atoms with E-state index in [4.69, 9.17) is 10.5 Å². The van der Waals surface area contributed by atoms with Gasteiger partial charge in [0.2, 0.25) is 5.91 Å². The van der Waals surface area contributed by atoms with Crippen molar-refractivity contribution in [1.82, 2.24) is 4.90 Å². The van der Waals surface area contributed by atoms with Crippen molar-refractivity contribution in [2.24, 2.45) is 11.7 Å². The first-order valence-electron chi connectivity index (χ1n) is 5.15. The molecule has 2 saturated heterocycles. The second-order valence-corrected chi connectivity index (χ2v) is 5.68. The number of nitrogens with zero attached hydrogens (tertiary/aromatic N) is 1. The van der Waals surface area contributed by atoms with Crippen molar-refractivity contribution in [3.63, 3.8) is 0 Å². The Morgan fingerprint density at radius 2 is 2.00 bits per heavy atom. The lowest BCUT2D eigenvalue weighted by Crippen LogP contribution is -2.48. The summed E-state index contributed by atoms with van der Waals surface area (Å²) < 4.78 is 16.3. The Bertz CT molecular complexity index is 275. The molecule has 86 valence electrons. The van der Waals surface area contributed by atoms with Crippen LogP contribution in [0.2, 0.25) is 0 Å². The molecule has 2 unspecified atom stereocenters. The first-order valence-corrected chi connectivity index (χ1v) is 6.64. The van der Waals surface area contributed by atoms with Gasteiger partial charge in [-0.25, -0.2) is 0 Å². The van der Waals surface area contributed by atoms with Gasteiger partial charge in [-0.15, -0.1) is 0 Å². The summed E-state index contributed by atoms with van der Waals surface area (Å²) in [6.07, 6.45) is 0. The molecule has 0 aromatic heterocycles. The Balaban J connectivity index is 1.93. The maximum Gasteiger partial charge on any atom is 0.229 e. The fourth-order valence-electron chi connectivity index (χ4n) is 1.92. The van der Waals surface area contributed by atoms with Crippen molar-refractivity contribution in [2.75, 3.05) is 37.8 Å². The minimum Gasteiger partial charge on any atom is -0.379 e. The van der Waals surface area contributed by atoms with E-state index in [1.54, 1.807) is 4.90 Å². The number of rotatable bonds is 1. The van der Waals surface area contributed by atoms with Crippen molar-refractivity contribution in [3.05, 3.63) is 0 Å². The molecule has 6 heteroatoms. The average molecular weight is 232 g/mol. The number of hydrogen-bond donors (Lipinski definition) is 1. The molecule has 2 N–H and O–H groups in total. The quantitative estimate of drug-likeness (QED) is 0.600. The Labute approximate surface area is 91.4 Å². The van der Waals surface area contributed by atoms with Crippen LogP contribution in [0.3, 0.4) is 0 Å². The van der Waals surface area contributed by atoms with Crippen LogP contribution in [0.15, 0.2) is 0 Å². The van der Waals surface area contributed by atoms with Crippen LogP contribution in [-0.4, -0.2) is 58.9 Å². The number of hydrogen-bond acceptors (Lipinski definition) is 4. The lowest BCUT2D eigenvalue weighted by atomic mass is 10.0. The van der Waals surface area contributed by atoms with Crippen LogP contribution in [0.5, 0.6) is 0 Å². The van der Waals surface area contributed by atoms with Crippen LogP contribution in [0, 0.1) is 5.92 Å². The van der Waals surface area contributed by atoms with E-state index in [1.165, 1.54) is 0 Å². The summed E-state index contributed by atoms with van der Waals surface area (Å²) in [4.78, 5) is 13.7. The molecule has 0 aliphatic carbocycles. The molecule has 0 bridgehead atoms. The fraction of sp³-hybridized carbons (Fsp3) is 0.889. The van der Waals surface area contributed by atoms with Gasteiger partial charge in [-0.05, 0) is 0 Å². The summed E-state index contributed by atoms with van der Waals surface area (Å²) in [6.45, 7) is 2.08. The van der Waals surface area contributed by atoms with E-state index in [1.807, 2.05) is 0 Å². The molecule has 2 rings (SSSR count). The van der Waals surface area contributed by atoms with Gasteiger partial charge in [0.1, 0.15) is 0 Å². The molecule has 0 aromatic carbocycles. The summed E-state index contributed by atoms with van der Waals surface area (Å²) in [5.74, 6) is 1.05. The molecule has 2 fully saturated rings. The van der Waals surface area contributed by atoms with Crippen LogP contribution < -0.4 is 5.73 Å². The SMILES string of the molecule is NC1COCC1C(=O)N1CCS(=O)CC1. The topological polar surface area (TPSA) is 72.6 Å². The largest absolute Gasteiger partial charge is 0.379 e. The molecule has 2 atom stereocenters. The summed E-state index contributed by atoms with van der Waals surface area (Å²) in [6, 6.07) is -0.176. The van der Waals surface area contributed by atoms with Gasteiger partial charge in [-0.3, -0.25) is 9.00 Å². The van der Waals surface area contributed by atoms with Crippen molar-refractivity contribution in [3.8, 4) is 0 Å². The van der Waals surface area contributed by atoms with E-state index in [2.05, 4.69) is 0 Å². The van der Waals surface area contributed by atoms with Crippen molar-refractivity contribution >= 4 is 16.7 Å². The lowest BCUT2D eigenvalue weighted by molar-refractivity contribution is -0.135. The van der Waals surface area contributed by atoms with Gasteiger partial charge < -0.3 is 15.4 Å². The molecule has 0 aromatic rings. The highest BCUT2D eigenvalue weighted by Crippen LogP contribution is 2.16. The van der Waals surface area contributed by atoms with E-state index in [9.17, 15) is 9.00 Å². The molecule has 0 radical (unpaired) electrons. The van der Waals surface area contributed by atoms with Crippen LogP contribution in [-0.2, 0) is 20.3 Å².